The molecular weight excluding hydrogens is 314 g/mol. The summed E-state index contributed by atoms with van der Waals surface area (Å²) in [6.07, 6.45) is 4.25. The van der Waals surface area contributed by atoms with E-state index >= 15 is 0 Å². The summed E-state index contributed by atoms with van der Waals surface area (Å²) in [7, 11) is 0. The Labute approximate surface area is 143 Å². The van der Waals surface area contributed by atoms with Gasteiger partial charge in [0.2, 0.25) is 5.91 Å². The largest absolute Gasteiger partial charge is 0.353 e. The summed E-state index contributed by atoms with van der Waals surface area (Å²) in [4.78, 5) is 12.1. The van der Waals surface area contributed by atoms with Gasteiger partial charge in [-0.2, -0.15) is 11.8 Å². The number of nitrogens with one attached hydrogen (secondary N) is 1. The Morgan fingerprint density at radius 3 is 2.86 bits per heavy atom. The smallest absolute Gasteiger partial charge is 0.221 e. The molecule has 0 aromatic heterocycles. The number of carbonyl (C=O) groups is 1. The molecule has 1 fully saturated rings. The summed E-state index contributed by atoms with van der Waals surface area (Å²) in [6.45, 7) is 4.56. The van der Waals surface area contributed by atoms with Crippen molar-refractivity contribution in [3.05, 3.63) is 34.9 Å². The molecule has 122 valence electrons. The lowest BCUT2D eigenvalue weighted by Gasteiger charge is -2.34. The molecule has 22 heavy (non-hydrogen) atoms. The van der Waals surface area contributed by atoms with E-state index in [0.717, 1.165) is 28.5 Å². The minimum Gasteiger partial charge on any atom is -0.353 e. The molecule has 0 spiro atoms. The first kappa shape index (κ1) is 17.7. The highest BCUT2D eigenvalue weighted by Crippen LogP contribution is 2.29. The van der Waals surface area contributed by atoms with Crippen LogP contribution in [-0.4, -0.2) is 17.7 Å². The second kappa shape index (κ2) is 8.83. The van der Waals surface area contributed by atoms with Crippen LogP contribution in [0.2, 0.25) is 5.02 Å². The van der Waals surface area contributed by atoms with Gasteiger partial charge in [0, 0.05) is 29.0 Å². The van der Waals surface area contributed by atoms with Crippen LogP contribution < -0.4 is 5.32 Å². The van der Waals surface area contributed by atoms with E-state index in [1.807, 2.05) is 24.3 Å². The van der Waals surface area contributed by atoms with Crippen LogP contribution in [0, 0.1) is 11.8 Å². The maximum absolute atomic E-state index is 12.1. The van der Waals surface area contributed by atoms with Gasteiger partial charge in [-0.05, 0) is 29.9 Å². The van der Waals surface area contributed by atoms with Crippen LogP contribution in [-0.2, 0) is 10.5 Å². The zero-order valence-electron chi connectivity index (χ0n) is 13.5. The Morgan fingerprint density at radius 1 is 1.32 bits per heavy atom. The summed E-state index contributed by atoms with van der Waals surface area (Å²) in [5, 5.41) is 4.04. The monoisotopic (exact) mass is 339 g/mol. The number of halogens is 1. The molecule has 1 aromatic carbocycles. The van der Waals surface area contributed by atoms with Crippen LogP contribution in [0.5, 0.6) is 0 Å². The van der Waals surface area contributed by atoms with Gasteiger partial charge in [0.05, 0.1) is 0 Å². The second-order valence-electron chi connectivity index (χ2n) is 6.34. The molecule has 4 heteroatoms. The molecule has 1 aliphatic rings. The van der Waals surface area contributed by atoms with Crippen molar-refractivity contribution in [3.8, 4) is 0 Å². The number of hydrogen-bond acceptors (Lipinski definition) is 2. The van der Waals surface area contributed by atoms with Gasteiger partial charge in [0.1, 0.15) is 0 Å². The number of carbonyl (C=O) groups excluding carboxylic acids is 1. The van der Waals surface area contributed by atoms with E-state index in [-0.39, 0.29) is 5.91 Å². The molecule has 0 heterocycles. The fourth-order valence-corrected chi connectivity index (χ4v) is 4.25. The Morgan fingerprint density at radius 2 is 2.09 bits per heavy atom. The third-order valence-electron chi connectivity index (χ3n) is 4.74. The lowest BCUT2D eigenvalue weighted by molar-refractivity contribution is -0.122. The average Bonchev–Trinajstić information content (AvgIpc) is 2.50. The summed E-state index contributed by atoms with van der Waals surface area (Å²) in [5.41, 5.74) is 1.14. The predicted molar refractivity (Wildman–Crippen MR) is 96.3 cm³/mol. The number of rotatable bonds is 6. The Hall–Kier alpha value is -0.670. The molecule has 0 saturated heterocycles. The topological polar surface area (TPSA) is 29.1 Å². The number of thioether (sulfide) groups is 1. The third kappa shape index (κ3) is 5.20. The highest BCUT2D eigenvalue weighted by molar-refractivity contribution is 7.98. The van der Waals surface area contributed by atoms with Crippen molar-refractivity contribution in [1.29, 1.82) is 0 Å². The highest BCUT2D eigenvalue weighted by atomic mass is 35.5. The van der Waals surface area contributed by atoms with Crippen LogP contribution in [0.25, 0.3) is 0 Å². The highest BCUT2D eigenvalue weighted by Gasteiger charge is 2.27. The van der Waals surface area contributed by atoms with Crippen LogP contribution in [0.3, 0.4) is 0 Å². The molecule has 1 aromatic rings. The van der Waals surface area contributed by atoms with Gasteiger partial charge in [-0.15, -0.1) is 0 Å². The van der Waals surface area contributed by atoms with E-state index in [2.05, 4.69) is 19.2 Å². The zero-order valence-corrected chi connectivity index (χ0v) is 15.1. The molecule has 1 saturated carbocycles. The lowest BCUT2D eigenvalue weighted by Crippen LogP contribution is -2.43. The summed E-state index contributed by atoms with van der Waals surface area (Å²) in [6, 6.07) is 8.26. The van der Waals surface area contributed by atoms with Crippen molar-refractivity contribution in [2.75, 3.05) is 5.75 Å². The van der Waals surface area contributed by atoms with Gasteiger partial charge in [-0.3, -0.25) is 4.79 Å². The molecule has 0 radical (unpaired) electrons. The predicted octanol–water partition coefficient (Wildman–Crippen LogP) is 4.90. The number of benzene rings is 1. The fourth-order valence-electron chi connectivity index (χ4n) is 3.03. The van der Waals surface area contributed by atoms with Crippen molar-refractivity contribution in [2.45, 2.75) is 51.3 Å². The second-order valence-corrected chi connectivity index (χ2v) is 7.85. The fraction of sp³-hybridized carbons (Fsp3) is 0.611. The minimum absolute atomic E-state index is 0.192. The first-order valence-electron chi connectivity index (χ1n) is 8.18. The van der Waals surface area contributed by atoms with Crippen molar-refractivity contribution in [3.63, 3.8) is 0 Å². The quantitative estimate of drug-likeness (QED) is 0.746. The Balaban J connectivity index is 1.67. The Kier molecular flexibility index (Phi) is 7.10. The van der Waals surface area contributed by atoms with Crippen LogP contribution in [0.4, 0.5) is 0 Å². The third-order valence-corrected chi connectivity index (χ3v) is 6.12. The molecule has 2 rings (SSSR count). The van der Waals surface area contributed by atoms with Gasteiger partial charge in [0.15, 0.2) is 0 Å². The van der Waals surface area contributed by atoms with Crippen LogP contribution >= 0.6 is 23.4 Å². The minimum atomic E-state index is 0.192. The summed E-state index contributed by atoms with van der Waals surface area (Å²) < 4.78 is 0. The molecule has 2 nitrogen and oxygen atoms in total. The first-order chi connectivity index (χ1) is 10.6. The van der Waals surface area contributed by atoms with Crippen molar-refractivity contribution >= 4 is 29.3 Å². The van der Waals surface area contributed by atoms with Gasteiger partial charge < -0.3 is 5.32 Å². The Bertz CT molecular complexity index is 494. The van der Waals surface area contributed by atoms with Crippen LogP contribution in [0.1, 0.15) is 45.1 Å². The van der Waals surface area contributed by atoms with E-state index in [1.165, 1.54) is 12.8 Å². The SMILES string of the molecule is C[C@H]1[C@H](C)CCC[C@@H]1NC(=O)CCSCc1ccccc1Cl. The van der Waals surface area contributed by atoms with Gasteiger partial charge in [-0.1, -0.05) is 56.5 Å². The number of amides is 1. The van der Waals surface area contributed by atoms with E-state index in [1.54, 1.807) is 11.8 Å². The van der Waals surface area contributed by atoms with E-state index in [4.69, 9.17) is 11.6 Å². The van der Waals surface area contributed by atoms with Gasteiger partial charge in [0.25, 0.3) is 0 Å². The molecular formula is C18H26ClNOS. The van der Waals surface area contributed by atoms with Crippen molar-refractivity contribution in [1.82, 2.24) is 5.32 Å². The molecule has 0 unspecified atom stereocenters. The lowest BCUT2D eigenvalue weighted by atomic mass is 9.78. The molecule has 1 N–H and O–H groups in total. The molecule has 0 aliphatic heterocycles. The molecule has 3 atom stereocenters. The van der Waals surface area contributed by atoms with E-state index in [0.29, 0.717) is 24.3 Å². The summed E-state index contributed by atoms with van der Waals surface area (Å²) >= 11 is 7.90. The van der Waals surface area contributed by atoms with Crippen molar-refractivity contribution < 1.29 is 4.79 Å². The van der Waals surface area contributed by atoms with Gasteiger partial charge >= 0.3 is 0 Å². The average molecular weight is 340 g/mol. The first-order valence-corrected chi connectivity index (χ1v) is 9.71. The molecule has 1 aliphatic carbocycles. The molecule has 1 amide bonds. The maximum atomic E-state index is 12.1. The number of hydrogen-bond donors (Lipinski definition) is 1. The maximum Gasteiger partial charge on any atom is 0.221 e. The summed E-state index contributed by atoms with van der Waals surface area (Å²) in [5.74, 6) is 3.21. The van der Waals surface area contributed by atoms with E-state index in [9.17, 15) is 4.79 Å². The normalized spacial score (nSPS) is 25.0. The van der Waals surface area contributed by atoms with E-state index < -0.39 is 0 Å². The standard InChI is InChI=1S/C18H26ClNOS/c1-13-6-5-9-17(14(13)2)20-18(21)10-11-22-12-15-7-3-4-8-16(15)19/h3-4,7-8,13-14,17H,5-6,9-12H2,1-2H3,(H,20,21)/t13-,14+,17+/m1/s1. The van der Waals surface area contributed by atoms with Gasteiger partial charge in [-0.25, -0.2) is 0 Å². The zero-order chi connectivity index (χ0) is 15.9. The van der Waals surface area contributed by atoms with Crippen LogP contribution in [0.15, 0.2) is 24.3 Å². The van der Waals surface area contributed by atoms with Crippen molar-refractivity contribution in [2.24, 2.45) is 11.8 Å². The molecule has 0 bridgehead atoms.